The summed E-state index contributed by atoms with van der Waals surface area (Å²) in [7, 11) is 0. The van der Waals surface area contributed by atoms with Crippen LogP contribution in [0.25, 0.3) is 0 Å². The highest BCUT2D eigenvalue weighted by molar-refractivity contribution is 5.98. The van der Waals surface area contributed by atoms with Crippen molar-refractivity contribution in [2.24, 2.45) is 11.0 Å². The minimum absolute atomic E-state index is 0.111. The quantitative estimate of drug-likeness (QED) is 0.163. The number of allylic oxidation sites excluding steroid dienone is 1. The standard InChI is InChI=1S/C33H37N3O6/c1-6-8-25-15-24(16-29(39-7-2)31(25)40-19-23-11-9-22(5)10-12-23)18-34-36-33(38)30(21(3)4)35-32(37)26-13-14-27-28(17-26)42-20-41-27/h6,9-18,21,30H,1,7-8,19-20H2,2-5H3,(H,35,37)(H,36,38). The molecular weight excluding hydrogens is 534 g/mol. The normalized spacial score (nSPS) is 12.7. The molecule has 3 aromatic rings. The van der Waals surface area contributed by atoms with Crippen molar-refractivity contribution in [2.75, 3.05) is 13.4 Å². The summed E-state index contributed by atoms with van der Waals surface area (Å²) in [5.74, 6) is 1.26. The van der Waals surface area contributed by atoms with Crippen molar-refractivity contribution in [3.8, 4) is 23.0 Å². The molecule has 1 aliphatic rings. The van der Waals surface area contributed by atoms with Gasteiger partial charge in [0.25, 0.3) is 11.8 Å². The van der Waals surface area contributed by atoms with Crippen LogP contribution >= 0.6 is 0 Å². The Morgan fingerprint density at radius 3 is 2.52 bits per heavy atom. The topological polar surface area (TPSA) is 107 Å². The second-order valence-corrected chi connectivity index (χ2v) is 10.2. The number of hydrazone groups is 1. The number of carbonyl (C=O) groups is 2. The van der Waals surface area contributed by atoms with E-state index in [9.17, 15) is 9.59 Å². The monoisotopic (exact) mass is 571 g/mol. The number of carbonyl (C=O) groups excluding carboxylic acids is 2. The molecule has 42 heavy (non-hydrogen) atoms. The van der Waals surface area contributed by atoms with E-state index >= 15 is 0 Å². The van der Waals surface area contributed by atoms with Crippen molar-refractivity contribution in [3.05, 3.63) is 95.1 Å². The fourth-order valence-corrected chi connectivity index (χ4v) is 4.37. The lowest BCUT2D eigenvalue weighted by Gasteiger charge is -2.20. The lowest BCUT2D eigenvalue weighted by Crippen LogP contribution is -2.48. The largest absolute Gasteiger partial charge is 0.490 e. The lowest BCUT2D eigenvalue weighted by molar-refractivity contribution is -0.123. The molecule has 0 aliphatic carbocycles. The van der Waals surface area contributed by atoms with E-state index in [1.807, 2.05) is 64.1 Å². The molecule has 0 saturated heterocycles. The second kappa shape index (κ2) is 14.2. The molecule has 4 rings (SSSR count). The van der Waals surface area contributed by atoms with Gasteiger partial charge in [-0.1, -0.05) is 49.8 Å². The third-order valence-electron chi connectivity index (χ3n) is 6.58. The van der Waals surface area contributed by atoms with Gasteiger partial charge in [0, 0.05) is 11.1 Å². The fourth-order valence-electron chi connectivity index (χ4n) is 4.37. The van der Waals surface area contributed by atoms with E-state index in [0.29, 0.717) is 53.8 Å². The Morgan fingerprint density at radius 2 is 1.81 bits per heavy atom. The van der Waals surface area contributed by atoms with Gasteiger partial charge in [0.1, 0.15) is 12.6 Å². The molecule has 0 saturated carbocycles. The zero-order valence-corrected chi connectivity index (χ0v) is 24.4. The maximum atomic E-state index is 13.0. The van der Waals surface area contributed by atoms with E-state index < -0.39 is 17.9 Å². The summed E-state index contributed by atoms with van der Waals surface area (Å²) in [6.07, 6.45) is 3.88. The van der Waals surface area contributed by atoms with Gasteiger partial charge in [0.15, 0.2) is 23.0 Å². The van der Waals surface area contributed by atoms with Gasteiger partial charge in [-0.15, -0.1) is 6.58 Å². The highest BCUT2D eigenvalue weighted by Gasteiger charge is 2.25. The molecule has 3 aromatic carbocycles. The molecule has 9 heteroatoms. The smallest absolute Gasteiger partial charge is 0.262 e. The first kappa shape index (κ1) is 30.2. The number of amides is 2. The van der Waals surface area contributed by atoms with Gasteiger partial charge in [-0.3, -0.25) is 9.59 Å². The summed E-state index contributed by atoms with van der Waals surface area (Å²) in [5, 5.41) is 6.96. The van der Waals surface area contributed by atoms with Crippen LogP contribution in [0.3, 0.4) is 0 Å². The SMILES string of the molecule is C=CCc1cc(C=NNC(=O)C(NC(=O)c2ccc3c(c2)OCO3)C(C)C)cc(OCC)c1OCc1ccc(C)cc1. The zero-order chi connectivity index (χ0) is 30.1. The Bertz CT molecular complexity index is 1450. The summed E-state index contributed by atoms with van der Waals surface area (Å²) < 4.78 is 22.8. The number of nitrogens with zero attached hydrogens (tertiary/aromatic N) is 1. The van der Waals surface area contributed by atoms with E-state index in [1.54, 1.807) is 24.3 Å². The van der Waals surface area contributed by atoms with E-state index in [-0.39, 0.29) is 12.7 Å². The van der Waals surface area contributed by atoms with E-state index in [2.05, 4.69) is 22.4 Å². The Morgan fingerprint density at radius 1 is 1.05 bits per heavy atom. The van der Waals surface area contributed by atoms with Crippen molar-refractivity contribution in [2.45, 2.75) is 46.8 Å². The van der Waals surface area contributed by atoms with Crippen LogP contribution in [0.4, 0.5) is 0 Å². The number of benzene rings is 3. The first-order valence-corrected chi connectivity index (χ1v) is 13.9. The molecule has 0 fully saturated rings. The Kier molecular flexibility index (Phi) is 10.2. The highest BCUT2D eigenvalue weighted by Crippen LogP contribution is 2.35. The number of hydrogen-bond acceptors (Lipinski definition) is 7. The molecule has 1 aliphatic heterocycles. The molecule has 0 radical (unpaired) electrons. The third-order valence-corrected chi connectivity index (χ3v) is 6.58. The van der Waals surface area contributed by atoms with Crippen molar-refractivity contribution >= 4 is 18.0 Å². The second-order valence-electron chi connectivity index (χ2n) is 10.2. The predicted octanol–water partition coefficient (Wildman–Crippen LogP) is 5.33. The zero-order valence-electron chi connectivity index (χ0n) is 24.4. The molecule has 0 bridgehead atoms. The average Bonchev–Trinajstić information content (AvgIpc) is 3.44. The summed E-state index contributed by atoms with van der Waals surface area (Å²) in [5.41, 5.74) is 6.75. The maximum absolute atomic E-state index is 13.0. The minimum Gasteiger partial charge on any atom is -0.490 e. The van der Waals surface area contributed by atoms with Crippen LogP contribution in [-0.4, -0.2) is 37.5 Å². The molecule has 0 spiro atoms. The molecule has 1 atom stereocenters. The van der Waals surface area contributed by atoms with Gasteiger partial charge in [-0.25, -0.2) is 5.43 Å². The van der Waals surface area contributed by atoms with Crippen molar-refractivity contribution < 1.29 is 28.5 Å². The van der Waals surface area contributed by atoms with Crippen LogP contribution < -0.4 is 29.7 Å². The van der Waals surface area contributed by atoms with Crippen molar-refractivity contribution in [1.82, 2.24) is 10.7 Å². The number of hydrogen-bond donors (Lipinski definition) is 2. The number of ether oxygens (including phenoxy) is 4. The number of rotatable bonds is 13. The molecule has 1 unspecified atom stereocenters. The fraction of sp³-hybridized carbons (Fsp3) is 0.303. The summed E-state index contributed by atoms with van der Waals surface area (Å²) in [6, 6.07) is 16.0. The van der Waals surface area contributed by atoms with Crippen LogP contribution in [0.5, 0.6) is 23.0 Å². The van der Waals surface area contributed by atoms with Gasteiger partial charge in [0.2, 0.25) is 6.79 Å². The summed E-state index contributed by atoms with van der Waals surface area (Å²) in [6.45, 7) is 12.5. The number of nitrogens with one attached hydrogen (secondary N) is 2. The first-order chi connectivity index (χ1) is 20.3. The minimum atomic E-state index is -0.812. The van der Waals surface area contributed by atoms with E-state index in [0.717, 1.165) is 11.1 Å². The van der Waals surface area contributed by atoms with Crippen molar-refractivity contribution in [1.29, 1.82) is 0 Å². The molecule has 2 amide bonds. The highest BCUT2D eigenvalue weighted by atomic mass is 16.7. The Balaban J connectivity index is 1.46. The summed E-state index contributed by atoms with van der Waals surface area (Å²) in [4.78, 5) is 25.9. The third kappa shape index (κ3) is 7.69. The molecule has 9 nitrogen and oxygen atoms in total. The Labute approximate surface area is 246 Å². The lowest BCUT2D eigenvalue weighted by atomic mass is 10.0. The van der Waals surface area contributed by atoms with Gasteiger partial charge < -0.3 is 24.3 Å². The van der Waals surface area contributed by atoms with Gasteiger partial charge in [0.05, 0.1) is 12.8 Å². The van der Waals surface area contributed by atoms with Gasteiger partial charge in [-0.2, -0.15) is 5.10 Å². The van der Waals surface area contributed by atoms with Crippen LogP contribution in [0.15, 0.2) is 72.4 Å². The first-order valence-electron chi connectivity index (χ1n) is 13.9. The van der Waals surface area contributed by atoms with Crippen molar-refractivity contribution in [3.63, 3.8) is 0 Å². The molecule has 0 aromatic heterocycles. The average molecular weight is 572 g/mol. The summed E-state index contributed by atoms with van der Waals surface area (Å²) >= 11 is 0. The molecule has 2 N–H and O–H groups in total. The number of aryl methyl sites for hydroxylation is 1. The molecule has 1 heterocycles. The predicted molar refractivity (Wildman–Crippen MR) is 161 cm³/mol. The Hall–Kier alpha value is -4.79. The van der Waals surface area contributed by atoms with Crippen LogP contribution in [0, 0.1) is 12.8 Å². The van der Waals surface area contributed by atoms with Gasteiger partial charge >= 0.3 is 0 Å². The van der Waals surface area contributed by atoms with Crippen LogP contribution in [0.1, 0.15) is 53.4 Å². The van der Waals surface area contributed by atoms with E-state index in [1.165, 1.54) is 11.8 Å². The van der Waals surface area contributed by atoms with Gasteiger partial charge in [-0.05, 0) is 67.6 Å². The molecule has 220 valence electrons. The van der Waals surface area contributed by atoms with Crippen LogP contribution in [0.2, 0.25) is 0 Å². The van der Waals surface area contributed by atoms with Crippen LogP contribution in [-0.2, 0) is 17.8 Å². The van der Waals surface area contributed by atoms with E-state index in [4.69, 9.17) is 18.9 Å². The number of fused-ring (bicyclic) bond motifs is 1. The molecular formula is C33H37N3O6. The maximum Gasteiger partial charge on any atom is 0.262 e.